The van der Waals surface area contributed by atoms with E-state index in [1.54, 1.807) is 22.2 Å². The first-order valence-electron chi connectivity index (χ1n) is 19.4. The number of carbonyl (C=O) groups is 4. The van der Waals surface area contributed by atoms with E-state index < -0.39 is 24.3 Å². The number of H-pyrrole nitrogens is 2. The topological polar surface area (TPSA) is 200 Å². The van der Waals surface area contributed by atoms with Crippen molar-refractivity contribution in [1.29, 1.82) is 0 Å². The summed E-state index contributed by atoms with van der Waals surface area (Å²) < 4.78 is 9.46. The molecule has 4 N–H and O–H groups in total. The van der Waals surface area contributed by atoms with Gasteiger partial charge in [0.05, 0.1) is 55.6 Å². The van der Waals surface area contributed by atoms with E-state index in [1.165, 1.54) is 14.2 Å². The number of nitrogens with zero attached hydrogens (tertiary/aromatic N) is 6. The van der Waals surface area contributed by atoms with Gasteiger partial charge in [0.2, 0.25) is 11.8 Å². The molecule has 0 unspecified atom stereocenters. The standard InChI is InChI=1S/C41H48N10O6/c1-6-28(48-40(54)56-4)38(52)50-17-7-9-32(50)36-43-21-30(46-36)24-11-13-25(14-12-24)35-42-20-27-19-26(15-16-29(27)45-35)31-22-44-37(47-31)33-10-8-18-51(33)39(53)34(23(2)3)49-41(55)57-5/h11-16,19-23,28,32-34H,6-10,17-18H2,1-5H3,(H,43,46)(H,44,47)(H,48,54)(H,49,55)/t28-,32-,33-,34-/m0/s1. The van der Waals surface area contributed by atoms with Crippen molar-refractivity contribution in [1.82, 2.24) is 50.3 Å². The lowest BCUT2D eigenvalue weighted by molar-refractivity contribution is -0.135. The van der Waals surface area contributed by atoms with Gasteiger partial charge < -0.3 is 39.9 Å². The van der Waals surface area contributed by atoms with Gasteiger partial charge in [-0.25, -0.2) is 29.5 Å². The number of nitrogens with one attached hydrogen (secondary N) is 4. The molecule has 0 radical (unpaired) electrons. The van der Waals surface area contributed by atoms with Crippen LogP contribution in [0.25, 0.3) is 44.8 Å². The molecule has 0 spiro atoms. The fourth-order valence-corrected chi connectivity index (χ4v) is 7.69. The summed E-state index contributed by atoms with van der Waals surface area (Å²) in [6.07, 6.45) is 7.76. The van der Waals surface area contributed by atoms with Crippen LogP contribution in [0.5, 0.6) is 0 Å². The highest BCUT2D eigenvalue weighted by Gasteiger charge is 2.38. The van der Waals surface area contributed by atoms with Crippen molar-refractivity contribution >= 4 is 34.9 Å². The van der Waals surface area contributed by atoms with Crippen LogP contribution in [0.3, 0.4) is 0 Å². The van der Waals surface area contributed by atoms with Gasteiger partial charge >= 0.3 is 12.2 Å². The van der Waals surface area contributed by atoms with Crippen molar-refractivity contribution in [3.8, 4) is 33.9 Å². The van der Waals surface area contributed by atoms with E-state index in [0.29, 0.717) is 37.0 Å². The summed E-state index contributed by atoms with van der Waals surface area (Å²) in [4.78, 5) is 79.9. The van der Waals surface area contributed by atoms with Crippen LogP contribution in [-0.2, 0) is 19.1 Å². The van der Waals surface area contributed by atoms with Gasteiger partial charge in [-0.3, -0.25) is 9.59 Å². The van der Waals surface area contributed by atoms with E-state index in [0.717, 1.165) is 64.7 Å². The first-order chi connectivity index (χ1) is 27.6. The molecule has 2 aliphatic rings. The number of imidazole rings is 2. The molecule has 2 saturated heterocycles. The molecule has 0 aliphatic carbocycles. The lowest BCUT2D eigenvalue weighted by Crippen LogP contribution is -2.51. The third-order valence-corrected chi connectivity index (χ3v) is 10.8. The Kier molecular flexibility index (Phi) is 11.5. The Bertz CT molecular complexity index is 2250. The molecule has 16 nitrogen and oxygen atoms in total. The van der Waals surface area contributed by atoms with E-state index in [4.69, 9.17) is 14.5 Å². The van der Waals surface area contributed by atoms with Crippen LogP contribution in [0.1, 0.15) is 76.6 Å². The minimum atomic E-state index is -0.701. The van der Waals surface area contributed by atoms with Crippen molar-refractivity contribution in [3.63, 3.8) is 0 Å². The normalized spacial score (nSPS) is 17.8. The molecule has 5 aromatic rings. The second-order valence-corrected chi connectivity index (χ2v) is 14.7. The Morgan fingerprint density at radius 2 is 1.32 bits per heavy atom. The van der Waals surface area contributed by atoms with E-state index in [-0.39, 0.29) is 29.8 Å². The summed E-state index contributed by atoms with van der Waals surface area (Å²) in [6.45, 7) is 6.81. The van der Waals surface area contributed by atoms with E-state index >= 15 is 0 Å². The summed E-state index contributed by atoms with van der Waals surface area (Å²) in [5.74, 6) is 1.58. The van der Waals surface area contributed by atoms with Crippen LogP contribution in [0.15, 0.2) is 61.1 Å². The van der Waals surface area contributed by atoms with Gasteiger partial charge in [0.15, 0.2) is 5.82 Å². The van der Waals surface area contributed by atoms with Crippen LogP contribution < -0.4 is 10.6 Å². The van der Waals surface area contributed by atoms with Crippen molar-refractivity contribution < 1.29 is 28.7 Å². The van der Waals surface area contributed by atoms with Crippen LogP contribution in [-0.4, -0.2) is 103 Å². The minimum Gasteiger partial charge on any atom is -0.453 e. The Morgan fingerprint density at radius 1 is 0.754 bits per heavy atom. The maximum Gasteiger partial charge on any atom is 0.407 e. The second-order valence-electron chi connectivity index (χ2n) is 14.7. The number of amides is 4. The summed E-state index contributed by atoms with van der Waals surface area (Å²) in [6, 6.07) is 12.1. The molecule has 3 aromatic heterocycles. The molecule has 5 heterocycles. The average molecular weight is 777 g/mol. The molecule has 298 valence electrons. The molecule has 4 atom stereocenters. The number of ether oxygens (including phenoxy) is 2. The molecule has 16 heteroatoms. The van der Waals surface area contributed by atoms with E-state index in [9.17, 15) is 19.2 Å². The van der Waals surface area contributed by atoms with Crippen LogP contribution >= 0.6 is 0 Å². The Morgan fingerprint density at radius 3 is 1.91 bits per heavy atom. The zero-order valence-corrected chi connectivity index (χ0v) is 32.7. The number of alkyl carbamates (subject to hydrolysis) is 2. The molecule has 2 aromatic carbocycles. The van der Waals surface area contributed by atoms with Gasteiger partial charge in [0.1, 0.15) is 23.7 Å². The van der Waals surface area contributed by atoms with Crippen molar-refractivity contribution in [2.45, 2.75) is 77.0 Å². The number of hydrogen-bond donors (Lipinski definition) is 4. The number of hydrogen-bond acceptors (Lipinski definition) is 10. The number of methoxy groups -OCH3 is 2. The molecular weight excluding hydrogens is 729 g/mol. The highest BCUT2D eigenvalue weighted by Crippen LogP contribution is 2.35. The maximum atomic E-state index is 13.6. The first-order valence-corrected chi connectivity index (χ1v) is 19.4. The van der Waals surface area contributed by atoms with Gasteiger partial charge in [-0.2, -0.15) is 0 Å². The van der Waals surface area contributed by atoms with Crippen LogP contribution in [0, 0.1) is 5.92 Å². The predicted octanol–water partition coefficient (Wildman–Crippen LogP) is 5.92. The highest BCUT2D eigenvalue weighted by atomic mass is 16.5. The fourth-order valence-electron chi connectivity index (χ4n) is 7.69. The largest absolute Gasteiger partial charge is 0.453 e. The van der Waals surface area contributed by atoms with E-state index in [1.807, 2.05) is 69.4 Å². The van der Waals surface area contributed by atoms with Gasteiger partial charge in [-0.1, -0.05) is 51.1 Å². The van der Waals surface area contributed by atoms with Crippen LogP contribution in [0.2, 0.25) is 0 Å². The Balaban J connectivity index is 1.02. The number of fused-ring (bicyclic) bond motifs is 1. The SMILES string of the molecule is CC[C@H](NC(=O)OC)C(=O)N1CCC[C@H]1c1ncc(-c2ccc(-c3ncc4cc(-c5cnc([C@@H]6CCCN6C(=O)[C@@H](NC(=O)OC)C(C)C)[nH]5)ccc4n3)cc2)[nH]1. The lowest BCUT2D eigenvalue weighted by Gasteiger charge is -2.30. The second kappa shape index (κ2) is 16.8. The number of benzene rings is 2. The summed E-state index contributed by atoms with van der Waals surface area (Å²) in [5, 5.41) is 6.20. The van der Waals surface area contributed by atoms with Crippen molar-refractivity contribution in [2.75, 3.05) is 27.3 Å². The first kappa shape index (κ1) is 38.9. The molecule has 2 fully saturated rings. The monoisotopic (exact) mass is 776 g/mol. The van der Waals surface area contributed by atoms with Crippen molar-refractivity contribution in [3.05, 3.63) is 72.7 Å². The number of aromatic amines is 2. The molecule has 57 heavy (non-hydrogen) atoms. The maximum absolute atomic E-state index is 13.6. The summed E-state index contributed by atoms with van der Waals surface area (Å²) >= 11 is 0. The van der Waals surface area contributed by atoms with Gasteiger partial charge in [-0.15, -0.1) is 0 Å². The lowest BCUT2D eigenvalue weighted by atomic mass is 10.0. The zero-order valence-electron chi connectivity index (χ0n) is 32.7. The van der Waals surface area contributed by atoms with Crippen LogP contribution in [0.4, 0.5) is 9.59 Å². The third kappa shape index (κ3) is 8.16. The minimum absolute atomic E-state index is 0.116. The smallest absolute Gasteiger partial charge is 0.407 e. The molecule has 0 bridgehead atoms. The highest BCUT2D eigenvalue weighted by molar-refractivity contribution is 5.87. The number of rotatable bonds is 11. The molecular formula is C41H48N10O6. The fraction of sp³-hybridized carbons (Fsp3) is 0.415. The summed E-state index contributed by atoms with van der Waals surface area (Å²) in [7, 11) is 2.56. The Hall–Kier alpha value is -6.32. The average Bonchev–Trinajstić information content (AvgIpc) is 4.07. The number of likely N-dealkylation sites (tertiary alicyclic amines) is 2. The van der Waals surface area contributed by atoms with Crippen molar-refractivity contribution in [2.24, 2.45) is 5.92 Å². The summed E-state index contributed by atoms with van der Waals surface area (Å²) in [5.41, 5.74) is 5.13. The number of carbonyl (C=O) groups excluding carboxylic acids is 4. The quantitative estimate of drug-likeness (QED) is 0.125. The van der Waals surface area contributed by atoms with E-state index in [2.05, 4.69) is 35.6 Å². The predicted molar refractivity (Wildman–Crippen MR) is 211 cm³/mol. The van der Waals surface area contributed by atoms with Gasteiger partial charge in [-0.05, 0) is 55.7 Å². The molecule has 2 aliphatic heterocycles. The zero-order chi connectivity index (χ0) is 40.2. The van der Waals surface area contributed by atoms with Gasteiger partial charge in [0, 0.05) is 35.8 Å². The Labute approximate surface area is 330 Å². The third-order valence-electron chi connectivity index (χ3n) is 10.8. The number of aromatic nitrogens is 6. The molecule has 4 amide bonds. The molecule has 0 saturated carbocycles. The van der Waals surface area contributed by atoms with Gasteiger partial charge in [0.25, 0.3) is 0 Å². The molecule has 7 rings (SSSR count).